The van der Waals surface area contributed by atoms with Gasteiger partial charge in [0.25, 0.3) is 5.91 Å². The summed E-state index contributed by atoms with van der Waals surface area (Å²) in [6.45, 7) is -1.03. The van der Waals surface area contributed by atoms with Gasteiger partial charge in [-0.3, -0.25) is 9.48 Å². The Morgan fingerprint density at radius 2 is 2.00 bits per heavy atom. The Balaban J connectivity index is 1.67. The molecule has 0 saturated carbocycles. The first-order chi connectivity index (χ1) is 12.9. The number of benzene rings is 2. The summed E-state index contributed by atoms with van der Waals surface area (Å²) in [6, 6.07) is 12.2. The molecule has 0 aliphatic carbocycles. The number of amides is 1. The van der Waals surface area contributed by atoms with Crippen molar-refractivity contribution >= 4 is 23.2 Å². The molecule has 2 aromatic carbocycles. The molecule has 2 heterocycles. The van der Waals surface area contributed by atoms with Crippen molar-refractivity contribution in [3.8, 4) is 11.1 Å². The highest BCUT2D eigenvalue weighted by molar-refractivity contribution is 6.31. The topological polar surface area (TPSA) is 58.4 Å². The molecule has 1 unspecified atom stereocenters. The fraction of sp³-hybridized carbons (Fsp3) is 0.200. The normalized spacial score (nSPS) is 18.8. The number of aryl methyl sites for hydroxylation is 1. The number of rotatable bonds is 4. The van der Waals surface area contributed by atoms with Gasteiger partial charge in [0.2, 0.25) is 0 Å². The third-order valence-corrected chi connectivity index (χ3v) is 5.20. The number of hydrogen-bond donors (Lipinski definition) is 1. The Morgan fingerprint density at radius 1 is 1.22 bits per heavy atom. The van der Waals surface area contributed by atoms with E-state index in [2.05, 4.69) is 5.10 Å². The van der Waals surface area contributed by atoms with E-state index in [9.17, 15) is 14.3 Å². The number of hydrogen-bond acceptors (Lipinski definition) is 3. The summed E-state index contributed by atoms with van der Waals surface area (Å²) in [5.41, 5.74) is 1.18. The van der Waals surface area contributed by atoms with E-state index in [4.69, 9.17) is 11.6 Å². The zero-order valence-electron chi connectivity index (χ0n) is 14.6. The summed E-state index contributed by atoms with van der Waals surface area (Å²) in [7, 11) is 1.84. The molecule has 27 heavy (non-hydrogen) atoms. The molecule has 1 N–H and O–H groups in total. The fourth-order valence-corrected chi connectivity index (χ4v) is 3.63. The van der Waals surface area contributed by atoms with E-state index in [-0.39, 0.29) is 12.1 Å². The number of aromatic nitrogens is 2. The number of alkyl halides is 1. The smallest absolute Gasteiger partial charge is 0.266 e. The monoisotopic (exact) mass is 385 g/mol. The summed E-state index contributed by atoms with van der Waals surface area (Å²) < 4.78 is 15.2. The van der Waals surface area contributed by atoms with Gasteiger partial charge in [-0.15, -0.1) is 0 Å². The van der Waals surface area contributed by atoms with Gasteiger partial charge in [0.1, 0.15) is 6.67 Å². The predicted octanol–water partition coefficient (Wildman–Crippen LogP) is 3.44. The number of carbonyl (C=O) groups is 1. The maximum atomic E-state index is 13.5. The van der Waals surface area contributed by atoms with Crippen molar-refractivity contribution in [3.63, 3.8) is 0 Å². The van der Waals surface area contributed by atoms with Crippen LogP contribution < -0.4 is 4.90 Å². The molecule has 1 amide bonds. The van der Waals surface area contributed by atoms with Gasteiger partial charge in [0, 0.05) is 29.4 Å². The maximum Gasteiger partial charge on any atom is 0.266 e. The van der Waals surface area contributed by atoms with Crippen LogP contribution in [-0.4, -0.2) is 27.5 Å². The number of halogens is 2. The van der Waals surface area contributed by atoms with E-state index in [1.54, 1.807) is 35.1 Å². The van der Waals surface area contributed by atoms with Gasteiger partial charge < -0.3 is 10.0 Å². The highest BCUT2D eigenvalue weighted by atomic mass is 35.5. The van der Waals surface area contributed by atoms with Crippen LogP contribution >= 0.6 is 11.6 Å². The van der Waals surface area contributed by atoms with Gasteiger partial charge in [0.15, 0.2) is 5.60 Å². The minimum absolute atomic E-state index is 0.143. The van der Waals surface area contributed by atoms with E-state index in [1.807, 2.05) is 31.4 Å². The van der Waals surface area contributed by atoms with Crippen molar-refractivity contribution in [3.05, 3.63) is 71.0 Å². The van der Waals surface area contributed by atoms with Crippen molar-refractivity contribution in [2.24, 2.45) is 7.05 Å². The first-order valence-corrected chi connectivity index (χ1v) is 8.79. The predicted molar refractivity (Wildman–Crippen MR) is 101 cm³/mol. The van der Waals surface area contributed by atoms with Crippen LogP contribution in [0.15, 0.2) is 54.9 Å². The van der Waals surface area contributed by atoms with E-state index in [1.165, 1.54) is 4.90 Å². The number of anilines is 1. The molecule has 0 spiro atoms. The van der Waals surface area contributed by atoms with E-state index >= 15 is 0 Å². The highest BCUT2D eigenvalue weighted by Gasteiger charge is 2.49. The van der Waals surface area contributed by atoms with Crippen molar-refractivity contribution in [2.75, 3.05) is 11.6 Å². The van der Waals surface area contributed by atoms with Gasteiger partial charge >= 0.3 is 0 Å². The van der Waals surface area contributed by atoms with Crippen molar-refractivity contribution in [2.45, 2.75) is 12.1 Å². The lowest BCUT2D eigenvalue weighted by atomic mass is 9.97. The standard InChI is InChI=1S/C20H17ClFN3O2/c1-24-10-15(9-23-24)13-6-7-14(17(21)8-13)11-25-18-5-3-2-4-16(18)20(27,12-22)19(25)26/h2-10,27H,11-12H2,1H3. The van der Waals surface area contributed by atoms with Crippen LogP contribution in [0.1, 0.15) is 11.1 Å². The third kappa shape index (κ3) is 2.81. The second-order valence-corrected chi connectivity index (χ2v) is 7.02. The molecule has 0 radical (unpaired) electrons. The second-order valence-electron chi connectivity index (χ2n) is 6.61. The second kappa shape index (κ2) is 6.48. The molecule has 0 saturated heterocycles. The van der Waals surface area contributed by atoms with Crippen LogP contribution in [0.3, 0.4) is 0 Å². The number of para-hydroxylation sites is 1. The van der Waals surface area contributed by atoms with E-state index in [0.29, 0.717) is 16.3 Å². The number of carbonyl (C=O) groups excluding carboxylic acids is 1. The minimum atomic E-state index is -2.14. The van der Waals surface area contributed by atoms with Gasteiger partial charge in [0.05, 0.1) is 18.4 Å². The number of aliphatic hydroxyl groups is 1. The summed E-state index contributed by atoms with van der Waals surface area (Å²) in [5.74, 6) is -0.682. The summed E-state index contributed by atoms with van der Waals surface area (Å²) >= 11 is 6.44. The average Bonchev–Trinajstić information content (AvgIpc) is 3.20. The lowest BCUT2D eigenvalue weighted by Crippen LogP contribution is -2.41. The quantitative estimate of drug-likeness (QED) is 0.748. The molecular weight excluding hydrogens is 369 g/mol. The summed E-state index contributed by atoms with van der Waals surface area (Å²) in [6.07, 6.45) is 3.62. The Morgan fingerprint density at radius 3 is 2.67 bits per heavy atom. The molecule has 7 heteroatoms. The van der Waals surface area contributed by atoms with Gasteiger partial charge in [-0.1, -0.05) is 41.9 Å². The van der Waals surface area contributed by atoms with Crippen LogP contribution in [-0.2, 0) is 24.0 Å². The molecule has 1 aliphatic rings. The largest absolute Gasteiger partial charge is 0.373 e. The first-order valence-electron chi connectivity index (χ1n) is 8.41. The SMILES string of the molecule is Cn1cc(-c2ccc(CN3C(=O)C(O)(CF)c4ccccc43)c(Cl)c2)cn1. The summed E-state index contributed by atoms with van der Waals surface area (Å²) in [4.78, 5) is 14.1. The Hall–Kier alpha value is -2.70. The van der Waals surface area contributed by atoms with E-state index < -0.39 is 18.2 Å². The van der Waals surface area contributed by atoms with Crippen LogP contribution in [0.4, 0.5) is 10.1 Å². The fourth-order valence-electron chi connectivity index (χ4n) is 3.39. The number of nitrogens with zero attached hydrogens (tertiary/aromatic N) is 3. The van der Waals surface area contributed by atoms with Crippen LogP contribution in [0, 0.1) is 0 Å². The van der Waals surface area contributed by atoms with Crippen molar-refractivity contribution < 1.29 is 14.3 Å². The van der Waals surface area contributed by atoms with Gasteiger partial charge in [-0.25, -0.2) is 4.39 Å². The molecular formula is C20H17ClFN3O2. The van der Waals surface area contributed by atoms with Crippen molar-refractivity contribution in [1.82, 2.24) is 9.78 Å². The van der Waals surface area contributed by atoms with Crippen LogP contribution in [0.25, 0.3) is 11.1 Å². The molecule has 1 atom stereocenters. The van der Waals surface area contributed by atoms with Crippen LogP contribution in [0.2, 0.25) is 5.02 Å². The molecule has 5 nitrogen and oxygen atoms in total. The van der Waals surface area contributed by atoms with Crippen LogP contribution in [0.5, 0.6) is 0 Å². The molecule has 4 rings (SSSR count). The zero-order valence-corrected chi connectivity index (χ0v) is 15.3. The Kier molecular flexibility index (Phi) is 4.25. The van der Waals surface area contributed by atoms with E-state index in [0.717, 1.165) is 11.1 Å². The molecule has 0 bridgehead atoms. The minimum Gasteiger partial charge on any atom is -0.373 e. The molecule has 3 aromatic rings. The van der Waals surface area contributed by atoms with Crippen molar-refractivity contribution in [1.29, 1.82) is 0 Å². The molecule has 1 aromatic heterocycles. The molecule has 1 aliphatic heterocycles. The number of fused-ring (bicyclic) bond motifs is 1. The average molecular weight is 386 g/mol. The first kappa shape index (κ1) is 17.7. The summed E-state index contributed by atoms with van der Waals surface area (Å²) in [5, 5.41) is 15.2. The molecule has 138 valence electrons. The van der Waals surface area contributed by atoms with Gasteiger partial charge in [-0.2, -0.15) is 5.10 Å². The Labute approximate surface area is 160 Å². The lowest BCUT2D eigenvalue weighted by molar-refractivity contribution is -0.137. The maximum absolute atomic E-state index is 13.5. The lowest BCUT2D eigenvalue weighted by Gasteiger charge is -2.21. The highest BCUT2D eigenvalue weighted by Crippen LogP contribution is 2.41. The zero-order chi connectivity index (χ0) is 19.2. The molecule has 0 fully saturated rings. The third-order valence-electron chi connectivity index (χ3n) is 4.85. The Bertz CT molecular complexity index is 1040. The van der Waals surface area contributed by atoms with Gasteiger partial charge in [-0.05, 0) is 23.3 Å².